The van der Waals surface area contributed by atoms with Crippen molar-refractivity contribution in [2.75, 3.05) is 19.6 Å². The normalized spacial score (nSPS) is 22.3. The largest absolute Gasteiger partial charge is 0.312 e. The third kappa shape index (κ3) is 3.08. The van der Waals surface area contributed by atoms with Crippen molar-refractivity contribution in [1.82, 2.24) is 20.4 Å². The number of aromatic amines is 1. The molecule has 2 heterocycles. The van der Waals surface area contributed by atoms with E-state index < -0.39 is 0 Å². The van der Waals surface area contributed by atoms with Crippen LogP contribution >= 0.6 is 0 Å². The highest BCUT2D eigenvalue weighted by molar-refractivity contribution is 5.62. The van der Waals surface area contributed by atoms with Gasteiger partial charge in [-0.3, -0.25) is 5.10 Å². The third-order valence-corrected chi connectivity index (χ3v) is 4.91. The minimum Gasteiger partial charge on any atom is -0.312 e. The Kier molecular flexibility index (Phi) is 3.95. The topological polar surface area (TPSA) is 44.0 Å². The zero-order valence-electron chi connectivity index (χ0n) is 13.0. The highest BCUT2D eigenvalue weighted by Gasteiger charge is 2.33. The molecule has 4 heteroatoms. The summed E-state index contributed by atoms with van der Waals surface area (Å²) in [7, 11) is 0. The number of hydrogen-bond donors (Lipinski definition) is 2. The van der Waals surface area contributed by atoms with E-state index in [4.69, 9.17) is 0 Å². The highest BCUT2D eigenvalue weighted by atomic mass is 15.2. The molecule has 1 atom stereocenters. The van der Waals surface area contributed by atoms with Crippen LogP contribution in [0.5, 0.6) is 0 Å². The molecule has 2 N–H and O–H groups in total. The molecule has 1 aromatic heterocycles. The van der Waals surface area contributed by atoms with E-state index in [0.29, 0.717) is 0 Å². The van der Waals surface area contributed by atoms with Crippen LogP contribution in [0.2, 0.25) is 0 Å². The molecule has 0 bridgehead atoms. The first-order valence-corrected chi connectivity index (χ1v) is 8.42. The Balaban J connectivity index is 1.30. The summed E-state index contributed by atoms with van der Waals surface area (Å²) in [5.41, 5.74) is 3.60. The Morgan fingerprint density at radius 1 is 1.18 bits per heavy atom. The van der Waals surface area contributed by atoms with Crippen LogP contribution in [-0.2, 0) is 6.54 Å². The number of aromatic nitrogens is 2. The van der Waals surface area contributed by atoms with Crippen molar-refractivity contribution in [3.05, 3.63) is 42.1 Å². The molecule has 1 aliphatic carbocycles. The number of nitrogens with zero attached hydrogens (tertiary/aromatic N) is 2. The summed E-state index contributed by atoms with van der Waals surface area (Å²) in [5.74, 6) is 0.813. The molecule has 1 aliphatic heterocycles. The lowest BCUT2D eigenvalue weighted by molar-refractivity contribution is 0.312. The average molecular weight is 296 g/mol. The average Bonchev–Trinajstić information content (AvgIpc) is 3.12. The Labute approximate surface area is 131 Å². The van der Waals surface area contributed by atoms with E-state index in [1.807, 2.05) is 12.3 Å². The number of H-pyrrole nitrogens is 1. The van der Waals surface area contributed by atoms with Crippen molar-refractivity contribution < 1.29 is 0 Å². The van der Waals surface area contributed by atoms with Gasteiger partial charge in [0.1, 0.15) is 0 Å². The van der Waals surface area contributed by atoms with Gasteiger partial charge in [0, 0.05) is 24.7 Å². The van der Waals surface area contributed by atoms with Crippen molar-refractivity contribution in [3.8, 4) is 11.3 Å². The van der Waals surface area contributed by atoms with Crippen molar-refractivity contribution in [2.24, 2.45) is 5.92 Å². The van der Waals surface area contributed by atoms with Gasteiger partial charge in [-0.05, 0) is 43.8 Å². The summed E-state index contributed by atoms with van der Waals surface area (Å²) < 4.78 is 0. The molecule has 2 fully saturated rings. The number of benzene rings is 1. The van der Waals surface area contributed by atoms with Gasteiger partial charge in [0.25, 0.3) is 0 Å². The standard InChI is InChI=1S/C18H24N4/c1-2-4-15(5-3-1)18-16(12-20-21-18)11-19-10-14-8-9-22(13-14)17-6-7-17/h1-5,12,14,17,19H,6-11,13H2,(H,20,21)/t14-/m0/s1. The van der Waals surface area contributed by atoms with E-state index in [1.165, 1.54) is 43.5 Å². The van der Waals surface area contributed by atoms with Crippen LogP contribution in [0.4, 0.5) is 0 Å². The van der Waals surface area contributed by atoms with Gasteiger partial charge < -0.3 is 10.2 Å². The molecule has 116 valence electrons. The highest BCUT2D eigenvalue weighted by Crippen LogP contribution is 2.31. The molecule has 0 amide bonds. The summed E-state index contributed by atoms with van der Waals surface area (Å²) in [6, 6.07) is 11.4. The maximum Gasteiger partial charge on any atom is 0.0695 e. The summed E-state index contributed by atoms with van der Waals surface area (Å²) in [5, 5.41) is 11.0. The molecule has 2 aromatic rings. The molecule has 2 aliphatic rings. The number of hydrogen-bond acceptors (Lipinski definition) is 3. The fourth-order valence-electron chi connectivity index (χ4n) is 3.51. The zero-order chi connectivity index (χ0) is 14.8. The molecule has 22 heavy (non-hydrogen) atoms. The van der Waals surface area contributed by atoms with Gasteiger partial charge in [0.15, 0.2) is 0 Å². The van der Waals surface area contributed by atoms with Gasteiger partial charge in [-0.15, -0.1) is 0 Å². The summed E-state index contributed by atoms with van der Waals surface area (Å²) in [6.07, 6.45) is 6.14. The molecular formula is C18H24N4. The van der Waals surface area contributed by atoms with Crippen molar-refractivity contribution in [1.29, 1.82) is 0 Å². The first-order chi connectivity index (χ1) is 10.9. The van der Waals surface area contributed by atoms with Crippen LogP contribution in [-0.4, -0.2) is 40.8 Å². The fourth-order valence-corrected chi connectivity index (χ4v) is 3.51. The molecule has 4 rings (SSSR count). The third-order valence-electron chi connectivity index (χ3n) is 4.91. The smallest absolute Gasteiger partial charge is 0.0695 e. The number of nitrogens with one attached hydrogen (secondary N) is 2. The van der Waals surface area contributed by atoms with E-state index in [2.05, 4.69) is 44.7 Å². The fraction of sp³-hybridized carbons (Fsp3) is 0.500. The molecule has 0 spiro atoms. The number of rotatable bonds is 6. The lowest BCUT2D eigenvalue weighted by Crippen LogP contribution is -2.27. The van der Waals surface area contributed by atoms with Crippen LogP contribution in [0.25, 0.3) is 11.3 Å². The van der Waals surface area contributed by atoms with Crippen LogP contribution in [0.15, 0.2) is 36.5 Å². The Hall–Kier alpha value is -1.65. The van der Waals surface area contributed by atoms with Crippen LogP contribution in [0.3, 0.4) is 0 Å². The van der Waals surface area contributed by atoms with E-state index >= 15 is 0 Å². The van der Waals surface area contributed by atoms with Crippen LogP contribution in [0.1, 0.15) is 24.8 Å². The quantitative estimate of drug-likeness (QED) is 0.861. The van der Waals surface area contributed by atoms with Gasteiger partial charge in [0.2, 0.25) is 0 Å². The van der Waals surface area contributed by atoms with E-state index in [-0.39, 0.29) is 0 Å². The Morgan fingerprint density at radius 2 is 2.05 bits per heavy atom. The molecule has 0 unspecified atom stereocenters. The predicted octanol–water partition coefficient (Wildman–Crippen LogP) is 2.65. The van der Waals surface area contributed by atoms with E-state index in [1.54, 1.807) is 0 Å². The van der Waals surface area contributed by atoms with Crippen molar-refractivity contribution in [3.63, 3.8) is 0 Å². The predicted molar refractivity (Wildman–Crippen MR) is 88.4 cm³/mol. The summed E-state index contributed by atoms with van der Waals surface area (Å²) in [4.78, 5) is 2.68. The lowest BCUT2D eigenvalue weighted by atomic mass is 10.1. The maximum atomic E-state index is 4.22. The second-order valence-corrected chi connectivity index (χ2v) is 6.65. The second kappa shape index (κ2) is 6.23. The minimum atomic E-state index is 0.813. The molecule has 1 aromatic carbocycles. The molecule has 1 saturated heterocycles. The minimum absolute atomic E-state index is 0.813. The van der Waals surface area contributed by atoms with Crippen LogP contribution in [0, 0.1) is 5.92 Å². The van der Waals surface area contributed by atoms with Gasteiger partial charge in [-0.1, -0.05) is 30.3 Å². The van der Waals surface area contributed by atoms with Crippen molar-refractivity contribution in [2.45, 2.75) is 31.8 Å². The second-order valence-electron chi connectivity index (χ2n) is 6.65. The first kappa shape index (κ1) is 14.0. The SMILES string of the molecule is c1ccc(-c2[nH]ncc2CNC[C@@H]2CCN(C3CC3)C2)cc1. The van der Waals surface area contributed by atoms with E-state index in [9.17, 15) is 0 Å². The summed E-state index contributed by atoms with van der Waals surface area (Å²) in [6.45, 7) is 4.59. The van der Waals surface area contributed by atoms with Crippen molar-refractivity contribution >= 4 is 0 Å². The molecule has 4 nitrogen and oxygen atoms in total. The van der Waals surface area contributed by atoms with Gasteiger partial charge >= 0.3 is 0 Å². The lowest BCUT2D eigenvalue weighted by Gasteiger charge is -2.15. The first-order valence-electron chi connectivity index (χ1n) is 8.42. The Bertz CT molecular complexity index is 603. The van der Waals surface area contributed by atoms with Gasteiger partial charge in [-0.2, -0.15) is 5.10 Å². The van der Waals surface area contributed by atoms with E-state index in [0.717, 1.165) is 30.7 Å². The Morgan fingerprint density at radius 3 is 2.86 bits per heavy atom. The molecule has 1 saturated carbocycles. The number of likely N-dealkylation sites (tertiary alicyclic amines) is 1. The maximum absolute atomic E-state index is 4.22. The van der Waals surface area contributed by atoms with Gasteiger partial charge in [-0.25, -0.2) is 0 Å². The summed E-state index contributed by atoms with van der Waals surface area (Å²) >= 11 is 0. The molecule has 0 radical (unpaired) electrons. The van der Waals surface area contributed by atoms with Gasteiger partial charge in [0.05, 0.1) is 11.9 Å². The van der Waals surface area contributed by atoms with Crippen LogP contribution < -0.4 is 5.32 Å². The molecular weight excluding hydrogens is 272 g/mol. The monoisotopic (exact) mass is 296 g/mol. The zero-order valence-corrected chi connectivity index (χ0v) is 13.0.